The number of alkyl halides is 1. The zero-order valence-electron chi connectivity index (χ0n) is 7.92. The van der Waals surface area contributed by atoms with E-state index >= 15 is 0 Å². The molecule has 80 valence electrons. The summed E-state index contributed by atoms with van der Waals surface area (Å²) in [6.07, 6.45) is 0. The molecule has 0 aliphatic rings. The zero-order chi connectivity index (χ0) is 11.4. The molecule has 0 radical (unpaired) electrons. The van der Waals surface area contributed by atoms with Gasteiger partial charge in [-0.15, -0.1) is 11.6 Å². The minimum atomic E-state index is -0.846. The fourth-order valence-corrected chi connectivity index (χ4v) is 1.19. The Kier molecular flexibility index (Phi) is 3.80. The third kappa shape index (κ3) is 2.53. The number of halogens is 2. The van der Waals surface area contributed by atoms with Crippen molar-refractivity contribution < 1.29 is 18.7 Å². The SMILES string of the molecule is COc1ccc(F)cc1C(=O)C(=O)CCl. The Hall–Kier alpha value is -1.42. The van der Waals surface area contributed by atoms with Crippen LogP contribution in [0.4, 0.5) is 4.39 Å². The lowest BCUT2D eigenvalue weighted by atomic mass is 10.1. The Morgan fingerprint density at radius 2 is 2.13 bits per heavy atom. The number of benzene rings is 1. The summed E-state index contributed by atoms with van der Waals surface area (Å²) in [6, 6.07) is 3.37. The van der Waals surface area contributed by atoms with E-state index in [2.05, 4.69) is 0 Å². The first-order valence-corrected chi connectivity index (χ1v) is 4.60. The van der Waals surface area contributed by atoms with Crippen LogP contribution in [0.3, 0.4) is 0 Å². The van der Waals surface area contributed by atoms with Crippen molar-refractivity contribution in [2.24, 2.45) is 0 Å². The van der Waals surface area contributed by atoms with Crippen molar-refractivity contribution in [3.8, 4) is 5.75 Å². The third-order valence-electron chi connectivity index (χ3n) is 1.78. The molecule has 0 unspecified atom stereocenters. The van der Waals surface area contributed by atoms with E-state index in [9.17, 15) is 14.0 Å². The van der Waals surface area contributed by atoms with Crippen LogP contribution in [-0.4, -0.2) is 24.6 Å². The Bertz CT molecular complexity index is 404. The van der Waals surface area contributed by atoms with E-state index in [0.29, 0.717) is 0 Å². The van der Waals surface area contributed by atoms with Gasteiger partial charge in [-0.25, -0.2) is 4.39 Å². The molecule has 0 spiro atoms. The van der Waals surface area contributed by atoms with Gasteiger partial charge in [0.15, 0.2) is 0 Å². The molecule has 0 bridgehead atoms. The maximum absolute atomic E-state index is 12.9. The van der Waals surface area contributed by atoms with Crippen molar-refractivity contribution in [3.05, 3.63) is 29.6 Å². The number of ether oxygens (including phenoxy) is 1. The summed E-state index contributed by atoms with van der Waals surface area (Å²) >= 11 is 5.23. The van der Waals surface area contributed by atoms with Crippen LogP contribution in [0.2, 0.25) is 0 Å². The number of ketones is 2. The van der Waals surface area contributed by atoms with Gasteiger partial charge in [-0.1, -0.05) is 0 Å². The molecule has 0 heterocycles. The first-order chi connectivity index (χ1) is 7.10. The summed E-state index contributed by atoms with van der Waals surface area (Å²) in [5.41, 5.74) is -0.108. The molecule has 0 fully saturated rings. The van der Waals surface area contributed by atoms with Gasteiger partial charge in [-0.2, -0.15) is 0 Å². The second-order valence-electron chi connectivity index (χ2n) is 2.73. The molecule has 1 aromatic carbocycles. The summed E-state index contributed by atoms with van der Waals surface area (Å²) in [7, 11) is 1.33. The predicted octanol–water partition coefficient (Wildman–Crippen LogP) is 1.82. The minimum Gasteiger partial charge on any atom is -0.496 e. The second-order valence-corrected chi connectivity index (χ2v) is 3.00. The van der Waals surface area contributed by atoms with Crippen molar-refractivity contribution in [1.82, 2.24) is 0 Å². The number of carbonyl (C=O) groups excluding carboxylic acids is 2. The fourth-order valence-electron chi connectivity index (χ4n) is 1.07. The maximum Gasteiger partial charge on any atom is 0.233 e. The van der Waals surface area contributed by atoms with Crippen molar-refractivity contribution in [1.29, 1.82) is 0 Å². The van der Waals surface area contributed by atoms with Gasteiger partial charge in [0.1, 0.15) is 11.6 Å². The number of methoxy groups -OCH3 is 1. The Balaban J connectivity index is 3.17. The molecular weight excluding hydrogens is 223 g/mol. The van der Waals surface area contributed by atoms with Crippen molar-refractivity contribution >= 4 is 23.2 Å². The van der Waals surface area contributed by atoms with Gasteiger partial charge in [0, 0.05) is 0 Å². The van der Waals surface area contributed by atoms with Crippen LogP contribution in [0.1, 0.15) is 10.4 Å². The zero-order valence-corrected chi connectivity index (χ0v) is 8.68. The van der Waals surface area contributed by atoms with Crippen LogP contribution >= 0.6 is 11.6 Å². The molecular formula is C10H8ClFO3. The van der Waals surface area contributed by atoms with E-state index in [1.54, 1.807) is 0 Å². The molecule has 0 amide bonds. The predicted molar refractivity (Wildman–Crippen MR) is 53.0 cm³/mol. The Morgan fingerprint density at radius 3 is 2.67 bits per heavy atom. The van der Waals surface area contributed by atoms with Crippen molar-refractivity contribution in [3.63, 3.8) is 0 Å². The number of hydrogen-bond donors (Lipinski definition) is 0. The summed E-state index contributed by atoms with van der Waals surface area (Å²) in [4.78, 5) is 22.5. The van der Waals surface area contributed by atoms with Crippen LogP contribution in [0.25, 0.3) is 0 Å². The maximum atomic E-state index is 12.9. The Labute approximate surface area is 90.8 Å². The summed E-state index contributed by atoms with van der Waals surface area (Å²) in [6.45, 7) is 0. The first-order valence-electron chi connectivity index (χ1n) is 4.07. The third-order valence-corrected chi connectivity index (χ3v) is 2.02. The second kappa shape index (κ2) is 4.89. The van der Waals surface area contributed by atoms with Gasteiger partial charge in [0.25, 0.3) is 0 Å². The van der Waals surface area contributed by atoms with E-state index < -0.39 is 23.3 Å². The Morgan fingerprint density at radius 1 is 1.47 bits per heavy atom. The standard InChI is InChI=1S/C10H8ClFO3/c1-15-9-3-2-6(12)4-7(9)10(14)8(13)5-11/h2-4H,5H2,1H3. The van der Waals surface area contributed by atoms with Crippen molar-refractivity contribution in [2.45, 2.75) is 0 Å². The summed E-state index contributed by atoms with van der Waals surface area (Å²) < 4.78 is 17.7. The van der Waals surface area contributed by atoms with Gasteiger partial charge in [-0.3, -0.25) is 9.59 Å². The monoisotopic (exact) mass is 230 g/mol. The van der Waals surface area contributed by atoms with Crippen LogP contribution in [0, 0.1) is 5.82 Å². The highest BCUT2D eigenvalue weighted by molar-refractivity contribution is 6.51. The quantitative estimate of drug-likeness (QED) is 0.450. The number of Topliss-reactive ketones (excluding diaryl/α,β-unsaturated/α-hetero) is 2. The van der Waals surface area contributed by atoms with Crippen LogP contribution < -0.4 is 4.74 Å². The lowest BCUT2D eigenvalue weighted by Crippen LogP contribution is -2.16. The van der Waals surface area contributed by atoms with E-state index in [1.165, 1.54) is 13.2 Å². The first kappa shape index (κ1) is 11.7. The smallest absolute Gasteiger partial charge is 0.233 e. The fraction of sp³-hybridized carbons (Fsp3) is 0.200. The topological polar surface area (TPSA) is 43.4 Å². The van der Waals surface area contributed by atoms with E-state index in [1.807, 2.05) is 0 Å². The van der Waals surface area contributed by atoms with Gasteiger partial charge < -0.3 is 4.74 Å². The molecule has 5 heteroatoms. The van der Waals surface area contributed by atoms with Gasteiger partial charge in [0.05, 0.1) is 18.6 Å². The van der Waals surface area contributed by atoms with Gasteiger partial charge in [0.2, 0.25) is 11.6 Å². The number of carbonyl (C=O) groups is 2. The molecule has 0 aliphatic heterocycles. The van der Waals surface area contributed by atoms with Crippen LogP contribution in [0.5, 0.6) is 5.75 Å². The largest absolute Gasteiger partial charge is 0.496 e. The highest BCUT2D eigenvalue weighted by atomic mass is 35.5. The normalized spacial score (nSPS) is 9.80. The number of hydrogen-bond acceptors (Lipinski definition) is 3. The van der Waals surface area contributed by atoms with E-state index in [-0.39, 0.29) is 11.3 Å². The van der Waals surface area contributed by atoms with Crippen LogP contribution in [0.15, 0.2) is 18.2 Å². The molecule has 1 rings (SSSR count). The molecule has 0 saturated heterocycles. The molecule has 0 atom stereocenters. The van der Waals surface area contributed by atoms with Crippen LogP contribution in [-0.2, 0) is 4.79 Å². The highest BCUT2D eigenvalue weighted by Gasteiger charge is 2.19. The van der Waals surface area contributed by atoms with E-state index in [4.69, 9.17) is 16.3 Å². The molecule has 0 aliphatic carbocycles. The average Bonchev–Trinajstić information content (AvgIpc) is 2.27. The highest BCUT2D eigenvalue weighted by Crippen LogP contribution is 2.20. The lowest BCUT2D eigenvalue weighted by molar-refractivity contribution is -0.112. The lowest BCUT2D eigenvalue weighted by Gasteiger charge is -2.05. The molecule has 0 saturated carbocycles. The molecule has 15 heavy (non-hydrogen) atoms. The molecule has 0 aromatic heterocycles. The average molecular weight is 231 g/mol. The molecule has 0 N–H and O–H groups in total. The minimum absolute atomic E-state index is 0.108. The van der Waals surface area contributed by atoms with Gasteiger partial charge in [-0.05, 0) is 18.2 Å². The number of rotatable bonds is 4. The van der Waals surface area contributed by atoms with Gasteiger partial charge >= 0.3 is 0 Å². The molecule has 1 aromatic rings. The summed E-state index contributed by atoms with van der Waals surface area (Å²) in [5.74, 6) is -2.53. The van der Waals surface area contributed by atoms with E-state index in [0.717, 1.165) is 12.1 Å². The van der Waals surface area contributed by atoms with Crippen molar-refractivity contribution in [2.75, 3.05) is 13.0 Å². The summed E-state index contributed by atoms with van der Waals surface area (Å²) in [5, 5.41) is 0. The molecule has 3 nitrogen and oxygen atoms in total.